The molecule has 0 atom stereocenters. The minimum Gasteiger partial charge on any atom is -0.344 e. The van der Waals surface area contributed by atoms with Crippen LogP contribution in [0, 0.1) is 0 Å². The van der Waals surface area contributed by atoms with Crippen molar-refractivity contribution in [3.8, 4) is 0 Å². The Morgan fingerprint density at radius 1 is 1.38 bits per heavy atom. The maximum atomic E-state index is 5.41. The summed E-state index contributed by atoms with van der Waals surface area (Å²) in [5.41, 5.74) is 0. The Morgan fingerprint density at radius 3 is 2.00 bits per heavy atom. The van der Waals surface area contributed by atoms with E-state index in [1.807, 2.05) is 0 Å². The third-order valence-corrected chi connectivity index (χ3v) is 2.46. The van der Waals surface area contributed by atoms with Crippen molar-refractivity contribution < 1.29 is 0 Å². The second-order valence-corrected chi connectivity index (χ2v) is 9.68. The van der Waals surface area contributed by atoms with E-state index in [9.17, 15) is 0 Å². The molecule has 48 valence electrons. The fourth-order valence-corrected chi connectivity index (χ4v) is 1.70. The Bertz CT molecular complexity index is 63.5. The third kappa shape index (κ3) is 7.40. The molecule has 1 N–H and O–H groups in total. The maximum absolute atomic E-state index is 5.41. The fraction of sp³-hybridized carbons (Fsp3) is 1.00. The van der Waals surface area contributed by atoms with Gasteiger partial charge in [-0.15, -0.1) is 44.8 Å². The van der Waals surface area contributed by atoms with E-state index in [0.717, 1.165) is 0 Å². The molecule has 0 rings (SSSR count). The highest BCUT2D eigenvalue weighted by molar-refractivity contribution is 7.64. The lowest BCUT2D eigenvalue weighted by molar-refractivity contribution is 1.57. The van der Waals surface area contributed by atoms with Gasteiger partial charge in [0.05, 0.1) is 0 Å². The Kier molecular flexibility index (Phi) is 5.00. The van der Waals surface area contributed by atoms with Crippen molar-refractivity contribution in [1.29, 1.82) is 0 Å². The van der Waals surface area contributed by atoms with Gasteiger partial charge < -0.3 is 4.89 Å². The summed E-state index contributed by atoms with van der Waals surface area (Å²) in [6.07, 6.45) is -2.60. The van der Waals surface area contributed by atoms with Crippen molar-refractivity contribution in [3.63, 3.8) is 0 Å². The Balaban J connectivity index is 3.11. The molecule has 0 aromatic carbocycles. The van der Waals surface area contributed by atoms with Crippen LogP contribution in [0.25, 0.3) is 0 Å². The predicted octanol–water partition coefficient (Wildman–Crippen LogP) is 1.28. The molecule has 0 aromatic heterocycles. The van der Waals surface area contributed by atoms with E-state index in [4.69, 9.17) is 44.8 Å². The second-order valence-electron chi connectivity index (χ2n) is 1.11. The van der Waals surface area contributed by atoms with Crippen LogP contribution in [0.1, 0.15) is 0 Å². The summed E-state index contributed by atoms with van der Waals surface area (Å²) in [6.45, 7) is 0. The van der Waals surface area contributed by atoms with Crippen molar-refractivity contribution in [2.24, 2.45) is 0 Å². The zero-order valence-electron chi connectivity index (χ0n) is 3.93. The van der Waals surface area contributed by atoms with Gasteiger partial charge in [0.1, 0.15) is 0 Å². The average molecular weight is 211 g/mol. The van der Waals surface area contributed by atoms with Gasteiger partial charge in [-0.3, -0.25) is 0 Å². The molecule has 0 bridgehead atoms. The lowest BCUT2D eigenvalue weighted by atomic mass is 10.0. The van der Waals surface area contributed by atoms with Crippen LogP contribution in [-0.2, 0) is 0 Å². The molecule has 0 saturated carbocycles. The standard InChI is InChI=1S/CH4BCl4NSi/c3-1-2-7-8(4,5)6/h2,7H,1H2. The van der Waals surface area contributed by atoms with Crippen LogP contribution in [0.4, 0.5) is 0 Å². The van der Waals surface area contributed by atoms with Gasteiger partial charge in [-0.25, -0.2) is 0 Å². The van der Waals surface area contributed by atoms with Gasteiger partial charge in [0.2, 0.25) is 7.41 Å². The Labute approximate surface area is 69.1 Å². The number of nitrogens with one attached hydrogen (secondary N) is 1. The van der Waals surface area contributed by atoms with E-state index < -0.39 is 6.16 Å². The van der Waals surface area contributed by atoms with Crippen LogP contribution in [0.2, 0.25) is 0 Å². The summed E-state index contributed by atoms with van der Waals surface area (Å²) in [5.74, 6) is 0.473. The van der Waals surface area contributed by atoms with E-state index >= 15 is 0 Å². The molecular formula is CH4BCl4NSi. The molecule has 0 fully saturated rings. The molecule has 0 saturated heterocycles. The number of rotatable bonds is 3. The zero-order valence-corrected chi connectivity index (χ0v) is 7.95. The number of hydrogen-bond acceptors (Lipinski definition) is 1. The van der Waals surface area contributed by atoms with Crippen LogP contribution >= 0.6 is 44.8 Å². The molecule has 0 unspecified atom stereocenters. The molecule has 0 amide bonds. The van der Waals surface area contributed by atoms with Gasteiger partial charge in [-0.1, -0.05) is 0 Å². The van der Waals surface area contributed by atoms with Crippen LogP contribution in [0.5, 0.6) is 0 Å². The molecule has 0 aliphatic carbocycles. The highest BCUT2D eigenvalue weighted by atomic mass is 35.8. The zero-order chi connectivity index (χ0) is 6.62. The van der Waals surface area contributed by atoms with Crippen LogP contribution in [-0.4, -0.2) is 19.4 Å². The van der Waals surface area contributed by atoms with Gasteiger partial charge in [-0.2, -0.15) is 0 Å². The molecule has 8 heavy (non-hydrogen) atoms. The van der Waals surface area contributed by atoms with E-state index in [1.54, 1.807) is 0 Å². The quantitative estimate of drug-likeness (QED) is 0.421. The van der Waals surface area contributed by atoms with Crippen molar-refractivity contribution in [3.05, 3.63) is 0 Å². The topological polar surface area (TPSA) is 12.0 Å². The fourth-order valence-electron chi connectivity index (χ4n) is 0.189. The van der Waals surface area contributed by atoms with Gasteiger partial charge in [-0.05, 0) is 0 Å². The van der Waals surface area contributed by atoms with Gasteiger partial charge in [0.25, 0.3) is 0 Å². The third-order valence-electron chi connectivity index (χ3n) is 0.420. The Hall–Kier alpha value is 1.40. The number of alkyl halides is 1. The van der Waals surface area contributed by atoms with Gasteiger partial charge in [0.15, 0.2) is 0 Å². The van der Waals surface area contributed by atoms with Crippen molar-refractivity contribution in [2.75, 3.05) is 5.78 Å². The molecule has 0 aromatic rings. The summed E-state index contributed by atoms with van der Waals surface area (Å²) in [5, 5.41) is 0. The first kappa shape index (κ1) is 9.40. The SMILES string of the molecule is ClCBN[Si](Cl)(Cl)Cl. The molecule has 0 aliphatic heterocycles. The van der Waals surface area contributed by atoms with Crippen LogP contribution in [0.3, 0.4) is 0 Å². The Morgan fingerprint density at radius 2 is 1.88 bits per heavy atom. The smallest absolute Gasteiger partial charge is 0.344 e. The summed E-state index contributed by atoms with van der Waals surface area (Å²) in [7, 11) is 0.560. The second kappa shape index (κ2) is 4.25. The van der Waals surface area contributed by atoms with Crippen LogP contribution < -0.4 is 4.89 Å². The lowest BCUT2D eigenvalue weighted by Gasteiger charge is -2.05. The minimum absolute atomic E-state index is 0.473. The molecule has 0 heterocycles. The molecule has 1 nitrogen and oxygen atoms in total. The number of halogens is 4. The highest BCUT2D eigenvalue weighted by Crippen LogP contribution is 2.13. The first-order valence-corrected chi connectivity index (χ1v) is 7.51. The van der Waals surface area contributed by atoms with Gasteiger partial charge >= 0.3 is 6.16 Å². The van der Waals surface area contributed by atoms with E-state index in [2.05, 4.69) is 4.89 Å². The number of hydrogen-bond donors (Lipinski definition) is 1. The lowest BCUT2D eigenvalue weighted by Crippen LogP contribution is -2.38. The normalized spacial score (nSPS) is 11.5. The maximum Gasteiger partial charge on any atom is 0.410 e. The highest BCUT2D eigenvalue weighted by Gasteiger charge is 2.23. The summed E-state index contributed by atoms with van der Waals surface area (Å²) < 4.78 is 0. The van der Waals surface area contributed by atoms with E-state index in [1.165, 1.54) is 0 Å². The molecular weight excluding hydrogens is 207 g/mol. The monoisotopic (exact) mass is 209 g/mol. The average Bonchev–Trinajstić information content (AvgIpc) is 1.59. The summed E-state index contributed by atoms with van der Waals surface area (Å²) in [6, 6.07) is 0. The van der Waals surface area contributed by atoms with Gasteiger partial charge in [0, 0.05) is 5.78 Å². The minimum atomic E-state index is -2.60. The van der Waals surface area contributed by atoms with E-state index in [0.29, 0.717) is 13.2 Å². The first-order chi connectivity index (χ1) is 3.56. The summed E-state index contributed by atoms with van der Waals surface area (Å²) >= 11 is 21.5. The largest absolute Gasteiger partial charge is 0.410 e. The van der Waals surface area contributed by atoms with Crippen molar-refractivity contribution >= 4 is 58.4 Å². The van der Waals surface area contributed by atoms with Crippen molar-refractivity contribution in [2.45, 2.75) is 0 Å². The molecule has 7 heteroatoms. The van der Waals surface area contributed by atoms with E-state index in [-0.39, 0.29) is 0 Å². The first-order valence-electron chi connectivity index (χ1n) is 1.94. The predicted molar refractivity (Wildman–Crippen MR) is 44.3 cm³/mol. The summed E-state index contributed by atoms with van der Waals surface area (Å²) in [4.78, 5) is 2.67. The molecule has 0 spiro atoms. The van der Waals surface area contributed by atoms with Crippen molar-refractivity contribution in [1.82, 2.24) is 4.89 Å². The molecule has 0 aliphatic rings. The van der Waals surface area contributed by atoms with Crippen LogP contribution in [0.15, 0.2) is 0 Å². The molecule has 0 radical (unpaired) electrons.